The van der Waals surface area contributed by atoms with E-state index < -0.39 is 36.7 Å². The number of hydrogen-bond acceptors (Lipinski definition) is 6. The Bertz CT molecular complexity index is 458. The maximum Gasteiger partial charge on any atom is 0.256 e. The molecule has 4 N–H and O–H groups in total. The van der Waals surface area contributed by atoms with Crippen molar-refractivity contribution in [1.82, 2.24) is 4.57 Å². The van der Waals surface area contributed by atoms with Gasteiger partial charge in [0.15, 0.2) is 6.23 Å². The van der Waals surface area contributed by atoms with Crippen molar-refractivity contribution >= 4 is 0 Å². The summed E-state index contributed by atoms with van der Waals surface area (Å²) in [4.78, 5) is 11.5. The minimum atomic E-state index is -1.31. The Morgan fingerprint density at radius 2 is 2.06 bits per heavy atom. The van der Waals surface area contributed by atoms with Crippen LogP contribution in [-0.2, 0) is 4.74 Å². The smallest absolute Gasteiger partial charge is 0.256 e. The third-order valence-electron chi connectivity index (χ3n) is 2.72. The Kier molecular flexibility index (Phi) is 3.16. The molecule has 2 rings (SSSR count). The first-order valence-electron chi connectivity index (χ1n) is 5.08. The highest BCUT2D eigenvalue weighted by atomic mass is 16.6. The van der Waals surface area contributed by atoms with Crippen LogP contribution in [0, 0.1) is 0 Å². The van der Waals surface area contributed by atoms with Crippen LogP contribution in [0.5, 0.6) is 5.75 Å². The van der Waals surface area contributed by atoms with Crippen molar-refractivity contribution < 1.29 is 25.2 Å². The maximum atomic E-state index is 11.5. The highest BCUT2D eigenvalue weighted by molar-refractivity contribution is 5.16. The van der Waals surface area contributed by atoms with Crippen LogP contribution in [0.1, 0.15) is 6.23 Å². The van der Waals surface area contributed by atoms with Crippen molar-refractivity contribution in [1.29, 1.82) is 0 Å². The Hall–Kier alpha value is -1.41. The molecule has 1 aliphatic heterocycles. The van der Waals surface area contributed by atoms with E-state index >= 15 is 0 Å². The van der Waals surface area contributed by atoms with Crippen LogP contribution in [0.2, 0.25) is 0 Å². The van der Waals surface area contributed by atoms with Gasteiger partial charge >= 0.3 is 0 Å². The molecule has 0 amide bonds. The summed E-state index contributed by atoms with van der Waals surface area (Å²) < 4.78 is 6.22. The second-order valence-electron chi connectivity index (χ2n) is 3.86. The van der Waals surface area contributed by atoms with E-state index in [4.69, 9.17) is 14.9 Å². The summed E-state index contributed by atoms with van der Waals surface area (Å²) in [6.07, 6.45) is -3.33. The van der Waals surface area contributed by atoms with E-state index in [-0.39, 0.29) is 5.75 Å². The molecule has 4 atom stereocenters. The number of nitrogens with zero attached hydrogens (tertiary/aromatic N) is 1. The number of aliphatic hydroxyl groups excluding tert-OH is 3. The molecular formula is C10H13NO6. The Balaban J connectivity index is 2.32. The van der Waals surface area contributed by atoms with Crippen LogP contribution >= 0.6 is 0 Å². The van der Waals surface area contributed by atoms with Crippen LogP contribution in [0.3, 0.4) is 0 Å². The number of aromatic hydroxyl groups is 1. The standard InChI is InChI=1S/C10H13NO6/c12-4-6-8(15)9(16)10(17-6)11-2-1-5(13)3-7(11)14/h1-3,6,8-10,12-13,15-16H,4H2/t6-,8+,9+,10-/m0/s1. The van der Waals surface area contributed by atoms with Gasteiger partial charge in [0.1, 0.15) is 24.1 Å². The normalized spacial score (nSPS) is 32.9. The lowest BCUT2D eigenvalue weighted by molar-refractivity contribution is -0.0544. The minimum Gasteiger partial charge on any atom is -0.508 e. The molecule has 0 radical (unpaired) electrons. The van der Waals surface area contributed by atoms with Gasteiger partial charge in [0.25, 0.3) is 5.56 Å². The highest BCUT2D eigenvalue weighted by Gasteiger charge is 2.43. The summed E-state index contributed by atoms with van der Waals surface area (Å²) in [7, 11) is 0. The molecule has 0 saturated carbocycles. The summed E-state index contributed by atoms with van der Waals surface area (Å²) in [5.74, 6) is -0.196. The number of rotatable bonds is 2. The molecule has 1 aliphatic rings. The number of hydrogen-bond donors (Lipinski definition) is 4. The molecule has 1 saturated heterocycles. The van der Waals surface area contributed by atoms with Gasteiger partial charge in [-0.2, -0.15) is 0 Å². The van der Waals surface area contributed by atoms with E-state index in [9.17, 15) is 15.0 Å². The predicted molar refractivity (Wildman–Crippen MR) is 55.4 cm³/mol. The third-order valence-corrected chi connectivity index (χ3v) is 2.72. The molecule has 0 aliphatic carbocycles. The van der Waals surface area contributed by atoms with E-state index in [2.05, 4.69) is 0 Å². The Labute approximate surface area is 96.1 Å². The summed E-state index contributed by atoms with van der Waals surface area (Å²) >= 11 is 0. The minimum absolute atomic E-state index is 0.196. The van der Waals surface area contributed by atoms with Gasteiger partial charge in [0.05, 0.1) is 6.61 Å². The van der Waals surface area contributed by atoms with E-state index in [1.54, 1.807) is 0 Å². The van der Waals surface area contributed by atoms with Crippen molar-refractivity contribution in [2.24, 2.45) is 0 Å². The second kappa shape index (κ2) is 4.46. The lowest BCUT2D eigenvalue weighted by Gasteiger charge is -2.17. The van der Waals surface area contributed by atoms with E-state index in [0.717, 1.165) is 10.6 Å². The van der Waals surface area contributed by atoms with Gasteiger partial charge in [0.2, 0.25) is 0 Å². The monoisotopic (exact) mass is 243 g/mol. The van der Waals surface area contributed by atoms with Crippen LogP contribution in [0.15, 0.2) is 23.1 Å². The average molecular weight is 243 g/mol. The largest absolute Gasteiger partial charge is 0.508 e. The molecule has 17 heavy (non-hydrogen) atoms. The van der Waals surface area contributed by atoms with Crippen molar-refractivity contribution in [2.45, 2.75) is 24.5 Å². The van der Waals surface area contributed by atoms with E-state index in [1.165, 1.54) is 12.3 Å². The van der Waals surface area contributed by atoms with Crippen LogP contribution in [-0.4, -0.2) is 49.9 Å². The van der Waals surface area contributed by atoms with Crippen molar-refractivity contribution in [3.8, 4) is 5.75 Å². The van der Waals surface area contributed by atoms with Crippen LogP contribution in [0.4, 0.5) is 0 Å². The van der Waals surface area contributed by atoms with Gasteiger partial charge < -0.3 is 25.2 Å². The molecule has 7 nitrogen and oxygen atoms in total. The number of pyridine rings is 1. The molecule has 7 heteroatoms. The molecular weight excluding hydrogens is 230 g/mol. The van der Waals surface area contributed by atoms with Gasteiger partial charge in [0, 0.05) is 12.3 Å². The Morgan fingerprint density at radius 3 is 2.59 bits per heavy atom. The van der Waals surface area contributed by atoms with E-state index in [0.29, 0.717) is 0 Å². The molecule has 0 aromatic carbocycles. The lowest BCUT2D eigenvalue weighted by atomic mass is 10.1. The molecule has 0 bridgehead atoms. The molecule has 0 spiro atoms. The molecule has 2 heterocycles. The summed E-state index contributed by atoms with van der Waals surface area (Å²) in [6.45, 7) is -0.457. The SMILES string of the molecule is O=c1cc(O)ccn1[C@H]1O[C@@H](CO)[C@@H](O)[C@H]1O. The van der Waals surface area contributed by atoms with Crippen molar-refractivity contribution in [2.75, 3.05) is 6.61 Å². The highest BCUT2D eigenvalue weighted by Crippen LogP contribution is 2.28. The lowest BCUT2D eigenvalue weighted by Crippen LogP contribution is -2.35. The van der Waals surface area contributed by atoms with Crippen molar-refractivity contribution in [3.05, 3.63) is 28.7 Å². The van der Waals surface area contributed by atoms with Gasteiger partial charge in [-0.3, -0.25) is 9.36 Å². The van der Waals surface area contributed by atoms with Crippen LogP contribution in [0.25, 0.3) is 0 Å². The zero-order chi connectivity index (χ0) is 12.6. The van der Waals surface area contributed by atoms with Gasteiger partial charge in [-0.1, -0.05) is 0 Å². The summed E-state index contributed by atoms with van der Waals surface area (Å²) in [5, 5.41) is 37.2. The maximum absolute atomic E-state index is 11.5. The quantitative estimate of drug-likeness (QED) is 0.486. The number of ether oxygens (including phenoxy) is 1. The number of aromatic nitrogens is 1. The fraction of sp³-hybridized carbons (Fsp3) is 0.500. The Morgan fingerprint density at radius 1 is 1.35 bits per heavy atom. The third kappa shape index (κ3) is 2.05. The van der Waals surface area contributed by atoms with E-state index in [1.807, 2.05) is 0 Å². The summed E-state index contributed by atoms with van der Waals surface area (Å²) in [6, 6.07) is 2.23. The molecule has 1 fully saturated rings. The van der Waals surface area contributed by atoms with Gasteiger partial charge in [-0.15, -0.1) is 0 Å². The zero-order valence-electron chi connectivity index (χ0n) is 8.80. The molecule has 1 aromatic heterocycles. The fourth-order valence-corrected chi connectivity index (χ4v) is 1.80. The first-order chi connectivity index (χ1) is 8.04. The molecule has 0 unspecified atom stereocenters. The average Bonchev–Trinajstić information content (AvgIpc) is 2.57. The first-order valence-corrected chi connectivity index (χ1v) is 5.08. The summed E-state index contributed by atoms with van der Waals surface area (Å²) in [5.41, 5.74) is -0.570. The van der Waals surface area contributed by atoms with Crippen LogP contribution < -0.4 is 5.56 Å². The van der Waals surface area contributed by atoms with Crippen molar-refractivity contribution in [3.63, 3.8) is 0 Å². The zero-order valence-corrected chi connectivity index (χ0v) is 8.80. The molecule has 94 valence electrons. The predicted octanol–water partition coefficient (Wildman–Crippen LogP) is -1.83. The van der Waals surface area contributed by atoms with Gasteiger partial charge in [-0.25, -0.2) is 0 Å². The fourth-order valence-electron chi connectivity index (χ4n) is 1.80. The first kappa shape index (κ1) is 12.1. The topological polar surface area (TPSA) is 112 Å². The molecule has 1 aromatic rings. The van der Waals surface area contributed by atoms with Gasteiger partial charge in [-0.05, 0) is 6.07 Å². The second-order valence-corrected chi connectivity index (χ2v) is 3.86. The number of aliphatic hydroxyl groups is 3.